The van der Waals surface area contributed by atoms with Gasteiger partial charge in [-0.1, -0.05) is 26.3 Å². The Morgan fingerprint density at radius 3 is 2.76 bits per heavy atom. The number of benzene rings is 1. The molecule has 1 aliphatic carbocycles. The standard InChI is InChI=1S/C16H25NO3S/c1-4-11(2)10-21(18,19)15-8-5-12-9-13(20-3)6-7-14(12)16(15)17/h6-7,9,11,15-16H,4-5,8,10,17H2,1-3H3. The van der Waals surface area contributed by atoms with Crippen LogP contribution in [0.5, 0.6) is 5.75 Å². The van der Waals surface area contributed by atoms with Crippen molar-refractivity contribution in [2.45, 2.75) is 44.4 Å². The molecular weight excluding hydrogens is 286 g/mol. The molecule has 1 aliphatic rings. The van der Waals surface area contributed by atoms with Crippen LogP contribution in [0.2, 0.25) is 0 Å². The van der Waals surface area contributed by atoms with E-state index < -0.39 is 21.1 Å². The van der Waals surface area contributed by atoms with Crippen LogP contribution in [0.1, 0.15) is 43.9 Å². The van der Waals surface area contributed by atoms with Gasteiger partial charge in [0.1, 0.15) is 5.75 Å². The molecular formula is C16H25NO3S. The predicted octanol–water partition coefficient (Wildman–Crippen LogP) is 2.47. The summed E-state index contributed by atoms with van der Waals surface area (Å²) in [6.45, 7) is 3.99. The predicted molar refractivity (Wildman–Crippen MR) is 85.3 cm³/mol. The fraction of sp³-hybridized carbons (Fsp3) is 0.625. The largest absolute Gasteiger partial charge is 0.497 e. The molecule has 0 saturated heterocycles. The second-order valence-electron chi connectivity index (χ2n) is 6.01. The maximum absolute atomic E-state index is 12.6. The van der Waals surface area contributed by atoms with E-state index in [2.05, 4.69) is 0 Å². The van der Waals surface area contributed by atoms with E-state index in [1.807, 2.05) is 32.0 Å². The van der Waals surface area contributed by atoms with Gasteiger partial charge in [0.05, 0.1) is 18.1 Å². The summed E-state index contributed by atoms with van der Waals surface area (Å²) in [5.41, 5.74) is 8.32. The lowest BCUT2D eigenvalue weighted by Crippen LogP contribution is -2.39. The fourth-order valence-electron chi connectivity index (χ4n) is 2.97. The second kappa shape index (κ2) is 6.36. The highest BCUT2D eigenvalue weighted by Crippen LogP contribution is 2.35. The molecule has 2 N–H and O–H groups in total. The summed E-state index contributed by atoms with van der Waals surface area (Å²) in [6.07, 6.45) is 2.21. The molecule has 1 aromatic carbocycles. The van der Waals surface area contributed by atoms with Gasteiger partial charge in [-0.3, -0.25) is 0 Å². The summed E-state index contributed by atoms with van der Waals surface area (Å²) in [6, 6.07) is 5.28. The second-order valence-corrected chi connectivity index (χ2v) is 8.28. The quantitative estimate of drug-likeness (QED) is 0.907. The van der Waals surface area contributed by atoms with E-state index in [1.54, 1.807) is 7.11 Å². The Hall–Kier alpha value is -1.07. The molecule has 5 heteroatoms. The molecule has 0 spiro atoms. The van der Waals surface area contributed by atoms with Gasteiger partial charge in [0, 0.05) is 6.04 Å². The number of aryl methyl sites for hydroxylation is 1. The normalized spacial score (nSPS) is 23.4. The number of fused-ring (bicyclic) bond motifs is 1. The first-order valence-electron chi connectivity index (χ1n) is 7.53. The van der Waals surface area contributed by atoms with Crippen LogP contribution in [0.15, 0.2) is 18.2 Å². The number of nitrogens with two attached hydrogens (primary N) is 1. The molecule has 0 aromatic heterocycles. The molecule has 2 rings (SSSR count). The Morgan fingerprint density at radius 2 is 2.14 bits per heavy atom. The zero-order valence-electron chi connectivity index (χ0n) is 13.0. The molecule has 0 fully saturated rings. The Morgan fingerprint density at radius 1 is 1.43 bits per heavy atom. The molecule has 4 nitrogen and oxygen atoms in total. The zero-order chi connectivity index (χ0) is 15.6. The zero-order valence-corrected chi connectivity index (χ0v) is 13.8. The summed E-state index contributed by atoms with van der Waals surface area (Å²) in [4.78, 5) is 0. The third kappa shape index (κ3) is 3.40. The van der Waals surface area contributed by atoms with E-state index in [-0.39, 0.29) is 11.7 Å². The molecule has 3 atom stereocenters. The molecule has 118 valence electrons. The summed E-state index contributed by atoms with van der Waals surface area (Å²) < 4.78 is 30.4. The van der Waals surface area contributed by atoms with Gasteiger partial charge in [0.2, 0.25) is 0 Å². The van der Waals surface area contributed by atoms with Gasteiger partial charge in [-0.25, -0.2) is 8.42 Å². The van der Waals surface area contributed by atoms with Gasteiger partial charge in [-0.2, -0.15) is 0 Å². The minimum atomic E-state index is -3.16. The van der Waals surface area contributed by atoms with Crippen molar-refractivity contribution in [1.29, 1.82) is 0 Å². The summed E-state index contributed by atoms with van der Waals surface area (Å²) in [5.74, 6) is 1.20. The van der Waals surface area contributed by atoms with E-state index in [9.17, 15) is 8.42 Å². The van der Waals surface area contributed by atoms with Gasteiger partial charge in [0.25, 0.3) is 0 Å². The third-order valence-corrected chi connectivity index (χ3v) is 6.97. The minimum absolute atomic E-state index is 0.180. The van der Waals surface area contributed by atoms with Crippen molar-refractivity contribution in [1.82, 2.24) is 0 Å². The highest BCUT2D eigenvalue weighted by molar-refractivity contribution is 7.92. The Labute approximate surface area is 127 Å². The summed E-state index contributed by atoms with van der Waals surface area (Å²) in [7, 11) is -1.53. The van der Waals surface area contributed by atoms with Gasteiger partial charge in [0.15, 0.2) is 9.84 Å². The Kier molecular flexibility index (Phi) is 4.94. The van der Waals surface area contributed by atoms with Gasteiger partial charge in [-0.15, -0.1) is 0 Å². The lowest BCUT2D eigenvalue weighted by Gasteiger charge is -2.31. The van der Waals surface area contributed by atoms with Crippen LogP contribution >= 0.6 is 0 Å². The molecule has 0 saturated carbocycles. The topological polar surface area (TPSA) is 69.4 Å². The average Bonchev–Trinajstić information content (AvgIpc) is 2.46. The van der Waals surface area contributed by atoms with Crippen LogP contribution in [-0.4, -0.2) is 26.5 Å². The van der Waals surface area contributed by atoms with E-state index in [0.29, 0.717) is 6.42 Å². The van der Waals surface area contributed by atoms with Crippen LogP contribution in [-0.2, 0) is 16.3 Å². The first-order valence-corrected chi connectivity index (χ1v) is 9.24. The maximum Gasteiger partial charge on any atom is 0.155 e. The fourth-order valence-corrected chi connectivity index (χ4v) is 5.32. The van der Waals surface area contributed by atoms with Gasteiger partial charge >= 0.3 is 0 Å². The molecule has 3 unspecified atom stereocenters. The summed E-state index contributed by atoms with van der Waals surface area (Å²) >= 11 is 0. The number of sulfone groups is 1. The highest BCUT2D eigenvalue weighted by atomic mass is 32.2. The Balaban J connectivity index is 2.26. The van der Waals surface area contributed by atoms with Crippen LogP contribution in [0, 0.1) is 5.92 Å². The Bertz CT molecular complexity index is 598. The van der Waals surface area contributed by atoms with E-state index in [4.69, 9.17) is 10.5 Å². The summed E-state index contributed by atoms with van der Waals surface area (Å²) in [5, 5.41) is -0.465. The number of hydrogen-bond acceptors (Lipinski definition) is 4. The van der Waals surface area contributed by atoms with Crippen molar-refractivity contribution in [2.75, 3.05) is 12.9 Å². The van der Waals surface area contributed by atoms with Crippen molar-refractivity contribution in [2.24, 2.45) is 11.7 Å². The first-order chi connectivity index (χ1) is 9.89. The molecule has 0 amide bonds. The van der Waals surface area contributed by atoms with Crippen LogP contribution in [0.3, 0.4) is 0 Å². The van der Waals surface area contributed by atoms with Crippen LogP contribution in [0.4, 0.5) is 0 Å². The molecule has 0 aliphatic heterocycles. The third-order valence-electron chi connectivity index (χ3n) is 4.48. The molecule has 0 bridgehead atoms. The van der Waals surface area contributed by atoms with E-state index >= 15 is 0 Å². The number of methoxy groups -OCH3 is 1. The van der Waals surface area contributed by atoms with Crippen molar-refractivity contribution < 1.29 is 13.2 Å². The van der Waals surface area contributed by atoms with Crippen molar-refractivity contribution >= 4 is 9.84 Å². The van der Waals surface area contributed by atoms with Crippen LogP contribution in [0.25, 0.3) is 0 Å². The van der Waals surface area contributed by atoms with Gasteiger partial charge in [-0.05, 0) is 42.0 Å². The smallest absolute Gasteiger partial charge is 0.155 e. The van der Waals surface area contributed by atoms with E-state index in [1.165, 1.54) is 0 Å². The minimum Gasteiger partial charge on any atom is -0.497 e. The highest BCUT2D eigenvalue weighted by Gasteiger charge is 2.36. The van der Waals surface area contributed by atoms with Crippen molar-refractivity contribution in [3.63, 3.8) is 0 Å². The molecule has 0 radical (unpaired) electrons. The lowest BCUT2D eigenvalue weighted by molar-refractivity contribution is 0.413. The SMILES string of the molecule is CCC(C)CS(=O)(=O)C1CCc2cc(OC)ccc2C1N. The maximum atomic E-state index is 12.6. The van der Waals surface area contributed by atoms with Crippen molar-refractivity contribution in [3.8, 4) is 5.75 Å². The molecule has 21 heavy (non-hydrogen) atoms. The molecule has 0 heterocycles. The van der Waals surface area contributed by atoms with E-state index in [0.717, 1.165) is 29.7 Å². The van der Waals surface area contributed by atoms with Gasteiger partial charge < -0.3 is 10.5 Å². The average molecular weight is 311 g/mol. The number of ether oxygens (including phenoxy) is 1. The molecule has 1 aromatic rings. The van der Waals surface area contributed by atoms with Crippen molar-refractivity contribution in [3.05, 3.63) is 29.3 Å². The monoisotopic (exact) mass is 311 g/mol. The number of hydrogen-bond donors (Lipinski definition) is 1. The van der Waals surface area contributed by atoms with Crippen LogP contribution < -0.4 is 10.5 Å². The number of rotatable bonds is 5. The first kappa shape index (κ1) is 16.3. The lowest BCUT2D eigenvalue weighted by atomic mass is 9.87.